The molecule has 2 aliphatic rings. The average molecular weight is 457 g/mol. The second-order valence-corrected chi connectivity index (χ2v) is 8.52. The van der Waals surface area contributed by atoms with Crippen LogP contribution in [0, 0.1) is 0 Å². The van der Waals surface area contributed by atoms with Gasteiger partial charge in [-0.25, -0.2) is 9.97 Å². The molecule has 0 saturated heterocycles. The van der Waals surface area contributed by atoms with E-state index in [4.69, 9.17) is 10.5 Å². The van der Waals surface area contributed by atoms with Gasteiger partial charge in [-0.2, -0.15) is 13.2 Å². The van der Waals surface area contributed by atoms with Crippen LogP contribution < -0.4 is 5.73 Å². The third-order valence-corrected chi connectivity index (χ3v) is 6.29. The van der Waals surface area contributed by atoms with E-state index in [9.17, 15) is 18.0 Å². The number of carbonyl (C=O) groups is 1. The molecule has 0 unspecified atom stereocenters. The summed E-state index contributed by atoms with van der Waals surface area (Å²) in [5.41, 5.74) is 8.20. The molecular weight excluding hydrogens is 435 g/mol. The molecule has 0 aromatic carbocycles. The molecule has 4 heterocycles. The van der Waals surface area contributed by atoms with Crippen LogP contribution in [-0.2, 0) is 17.5 Å². The highest BCUT2D eigenvalue weighted by Gasteiger charge is 2.38. The minimum Gasteiger partial charge on any atom is -0.383 e. The maximum absolute atomic E-state index is 13.5. The Morgan fingerprint density at radius 3 is 2.64 bits per heavy atom. The number of alkyl halides is 3. The first kappa shape index (κ1) is 21.6. The molecule has 2 atom stereocenters. The Morgan fingerprint density at radius 2 is 2.00 bits per heavy atom. The molecular formula is C23H22F3N5O2. The zero-order chi connectivity index (χ0) is 23.5. The Kier molecular flexibility index (Phi) is 5.00. The third-order valence-electron chi connectivity index (χ3n) is 6.29. The number of halogens is 3. The van der Waals surface area contributed by atoms with Crippen molar-refractivity contribution in [1.82, 2.24) is 19.9 Å². The summed E-state index contributed by atoms with van der Waals surface area (Å²) in [4.78, 5) is 27.9. The van der Waals surface area contributed by atoms with Crippen LogP contribution in [-0.4, -0.2) is 31.8 Å². The monoisotopic (exact) mass is 457 g/mol. The van der Waals surface area contributed by atoms with Gasteiger partial charge in [-0.05, 0) is 50.5 Å². The van der Waals surface area contributed by atoms with E-state index >= 15 is 0 Å². The SMILES string of the molecule is C[C@H](c1ccc(C(F)(F)F)cn1)N(C(=O)c1cc2c3c(c(N)nc2cn1)[C@@H](C)OC3)C1CC1. The molecule has 1 amide bonds. The third kappa shape index (κ3) is 3.78. The molecule has 5 rings (SSSR count). The molecule has 0 bridgehead atoms. The molecule has 1 saturated carbocycles. The normalized spacial score (nSPS) is 18.9. The topological polar surface area (TPSA) is 94.2 Å². The molecule has 2 N–H and O–H groups in total. The van der Waals surface area contributed by atoms with Crippen molar-refractivity contribution in [3.63, 3.8) is 0 Å². The Bertz CT molecular complexity index is 1240. The lowest BCUT2D eigenvalue weighted by molar-refractivity contribution is -0.137. The summed E-state index contributed by atoms with van der Waals surface area (Å²) in [6, 6.07) is 3.49. The van der Waals surface area contributed by atoms with Crippen LogP contribution >= 0.6 is 0 Å². The number of aromatic nitrogens is 3. The molecule has 1 aliphatic heterocycles. The summed E-state index contributed by atoms with van der Waals surface area (Å²) in [5, 5.41) is 0.762. The van der Waals surface area contributed by atoms with Gasteiger partial charge in [0.25, 0.3) is 5.91 Å². The fourth-order valence-corrected chi connectivity index (χ4v) is 4.39. The van der Waals surface area contributed by atoms with E-state index in [1.807, 2.05) is 6.92 Å². The van der Waals surface area contributed by atoms with E-state index in [2.05, 4.69) is 15.0 Å². The number of carbonyl (C=O) groups excluding carboxylic acids is 1. The quantitative estimate of drug-likeness (QED) is 0.616. The molecule has 1 fully saturated rings. The fourth-order valence-electron chi connectivity index (χ4n) is 4.39. The van der Waals surface area contributed by atoms with Crippen LogP contribution in [0.4, 0.5) is 19.0 Å². The first-order chi connectivity index (χ1) is 15.6. The number of pyridine rings is 3. The number of nitrogen functional groups attached to an aromatic ring is 1. The fraction of sp³-hybridized carbons (Fsp3) is 0.391. The first-order valence-electron chi connectivity index (χ1n) is 10.7. The first-order valence-corrected chi connectivity index (χ1v) is 10.7. The lowest BCUT2D eigenvalue weighted by Crippen LogP contribution is -2.36. The molecule has 7 nitrogen and oxygen atoms in total. The van der Waals surface area contributed by atoms with Crippen molar-refractivity contribution in [2.75, 3.05) is 5.73 Å². The zero-order valence-electron chi connectivity index (χ0n) is 18.1. The summed E-state index contributed by atoms with van der Waals surface area (Å²) in [5.74, 6) is 0.0936. The number of hydrogen-bond donors (Lipinski definition) is 1. The number of ether oxygens (including phenoxy) is 1. The number of rotatable bonds is 4. The lowest BCUT2D eigenvalue weighted by Gasteiger charge is -2.29. The molecule has 33 heavy (non-hydrogen) atoms. The minimum absolute atomic E-state index is 0.00676. The number of hydrogen-bond acceptors (Lipinski definition) is 6. The Labute approximate surface area is 187 Å². The summed E-state index contributed by atoms with van der Waals surface area (Å²) >= 11 is 0. The lowest BCUT2D eigenvalue weighted by atomic mass is 10.0. The van der Waals surface area contributed by atoms with Crippen molar-refractivity contribution in [3.8, 4) is 0 Å². The van der Waals surface area contributed by atoms with Crippen LogP contribution in [0.25, 0.3) is 10.9 Å². The minimum atomic E-state index is -4.46. The number of anilines is 1. The van der Waals surface area contributed by atoms with Crippen LogP contribution in [0.15, 0.2) is 30.6 Å². The van der Waals surface area contributed by atoms with Gasteiger partial charge in [0.15, 0.2) is 0 Å². The van der Waals surface area contributed by atoms with Gasteiger partial charge >= 0.3 is 6.18 Å². The second kappa shape index (κ2) is 7.65. The Hall–Kier alpha value is -3.27. The Morgan fingerprint density at radius 1 is 1.24 bits per heavy atom. The van der Waals surface area contributed by atoms with Crippen molar-refractivity contribution in [2.45, 2.75) is 57.7 Å². The standard InChI is InChI=1S/C23H22F3N5O2/c1-11(17-6-3-13(8-28-17)23(24,25)26)31(14-4-5-14)22(32)18-7-15-16-10-33-12(2)20(16)21(27)30-19(15)9-29-18/h3,6-9,11-12,14H,4-5,10H2,1-2H3,(H2,27,30)/t11-,12-/m1/s1. The van der Waals surface area contributed by atoms with Gasteiger partial charge in [0.05, 0.1) is 41.7 Å². The van der Waals surface area contributed by atoms with Crippen molar-refractivity contribution in [1.29, 1.82) is 0 Å². The van der Waals surface area contributed by atoms with Gasteiger partial charge in [-0.3, -0.25) is 9.78 Å². The van der Waals surface area contributed by atoms with Gasteiger partial charge < -0.3 is 15.4 Å². The van der Waals surface area contributed by atoms with E-state index < -0.39 is 17.8 Å². The van der Waals surface area contributed by atoms with Gasteiger partial charge in [0, 0.05) is 23.2 Å². The molecule has 0 spiro atoms. The summed E-state index contributed by atoms with van der Waals surface area (Å²) in [6.45, 7) is 4.04. The van der Waals surface area contributed by atoms with E-state index in [1.54, 1.807) is 17.9 Å². The highest BCUT2D eigenvalue weighted by Crippen LogP contribution is 2.39. The van der Waals surface area contributed by atoms with Crippen molar-refractivity contribution in [2.24, 2.45) is 0 Å². The van der Waals surface area contributed by atoms with E-state index in [0.29, 0.717) is 23.6 Å². The number of nitrogens with zero attached hydrogens (tertiary/aromatic N) is 4. The van der Waals surface area contributed by atoms with Crippen LogP contribution in [0.5, 0.6) is 0 Å². The highest BCUT2D eigenvalue weighted by molar-refractivity contribution is 5.97. The smallest absolute Gasteiger partial charge is 0.383 e. The highest BCUT2D eigenvalue weighted by atomic mass is 19.4. The van der Waals surface area contributed by atoms with Gasteiger partial charge in [0.1, 0.15) is 11.5 Å². The van der Waals surface area contributed by atoms with Crippen LogP contribution in [0.3, 0.4) is 0 Å². The molecule has 10 heteroatoms. The van der Waals surface area contributed by atoms with E-state index in [-0.39, 0.29) is 23.7 Å². The maximum Gasteiger partial charge on any atom is 0.417 e. The molecule has 3 aromatic heterocycles. The van der Waals surface area contributed by atoms with Crippen LogP contribution in [0.1, 0.15) is 71.7 Å². The van der Waals surface area contributed by atoms with Gasteiger partial charge in [-0.15, -0.1) is 0 Å². The predicted octanol–water partition coefficient (Wildman–Crippen LogP) is 4.58. The predicted molar refractivity (Wildman–Crippen MR) is 114 cm³/mol. The number of amides is 1. The van der Waals surface area contributed by atoms with Gasteiger partial charge in [0.2, 0.25) is 0 Å². The van der Waals surface area contributed by atoms with E-state index in [1.165, 1.54) is 12.3 Å². The largest absolute Gasteiger partial charge is 0.417 e. The maximum atomic E-state index is 13.5. The van der Waals surface area contributed by atoms with Gasteiger partial charge in [-0.1, -0.05) is 0 Å². The molecule has 3 aromatic rings. The number of nitrogens with two attached hydrogens (primary N) is 1. The second-order valence-electron chi connectivity index (χ2n) is 8.52. The van der Waals surface area contributed by atoms with Crippen molar-refractivity contribution < 1.29 is 22.7 Å². The summed E-state index contributed by atoms with van der Waals surface area (Å²) in [6.07, 6.45) is -0.677. The van der Waals surface area contributed by atoms with E-state index in [0.717, 1.165) is 41.6 Å². The molecule has 172 valence electrons. The zero-order valence-corrected chi connectivity index (χ0v) is 18.1. The number of fused-ring (bicyclic) bond motifs is 3. The molecule has 1 aliphatic carbocycles. The van der Waals surface area contributed by atoms with Crippen molar-refractivity contribution in [3.05, 3.63) is 58.7 Å². The Balaban J connectivity index is 1.49. The molecule has 0 radical (unpaired) electrons. The van der Waals surface area contributed by atoms with Crippen LogP contribution in [0.2, 0.25) is 0 Å². The average Bonchev–Trinajstić information content (AvgIpc) is 3.53. The van der Waals surface area contributed by atoms with Crippen molar-refractivity contribution >= 4 is 22.6 Å². The summed E-state index contributed by atoms with van der Waals surface area (Å²) < 4.78 is 44.4. The summed E-state index contributed by atoms with van der Waals surface area (Å²) in [7, 11) is 0.